The molecule has 3 aromatic carbocycles. The summed E-state index contributed by atoms with van der Waals surface area (Å²) in [7, 11) is -3.75. The van der Waals surface area contributed by atoms with Gasteiger partial charge in [-0.05, 0) is 48.4 Å². The molecule has 0 spiro atoms. The first-order valence-corrected chi connectivity index (χ1v) is 11.9. The molecule has 0 atom stereocenters. The maximum absolute atomic E-state index is 13.2. The standard InChI is InChI=1S/C24H22N4O3S/c29-24(25-14-12-23-26-20-9-2-3-10-21(20)27-23)18-7-5-8-19(16-18)32(30,31)28-15-13-17-6-1-4-11-22(17)28/h1-11,16H,12-15H2,(H,25,29)(H,26,27). The Hall–Kier alpha value is -3.65. The quantitative estimate of drug-likeness (QED) is 0.475. The summed E-state index contributed by atoms with van der Waals surface area (Å²) in [5, 5.41) is 2.85. The zero-order valence-electron chi connectivity index (χ0n) is 17.3. The van der Waals surface area contributed by atoms with E-state index in [-0.39, 0.29) is 10.8 Å². The van der Waals surface area contributed by atoms with E-state index in [9.17, 15) is 13.2 Å². The summed E-state index contributed by atoms with van der Waals surface area (Å²) >= 11 is 0. The van der Waals surface area contributed by atoms with Gasteiger partial charge in [-0.15, -0.1) is 0 Å². The van der Waals surface area contributed by atoms with Crippen molar-refractivity contribution in [3.8, 4) is 0 Å². The monoisotopic (exact) mass is 446 g/mol. The first-order valence-electron chi connectivity index (χ1n) is 10.4. The number of nitrogens with zero attached hydrogens (tertiary/aromatic N) is 2. The number of aromatic amines is 1. The minimum atomic E-state index is -3.75. The van der Waals surface area contributed by atoms with E-state index >= 15 is 0 Å². The Morgan fingerprint density at radius 2 is 1.84 bits per heavy atom. The Labute approximate surface area is 186 Å². The number of nitrogens with one attached hydrogen (secondary N) is 2. The number of H-pyrrole nitrogens is 1. The molecule has 0 saturated heterocycles. The van der Waals surface area contributed by atoms with Crippen LogP contribution in [0.4, 0.5) is 5.69 Å². The molecule has 0 aliphatic carbocycles. The lowest BCUT2D eigenvalue weighted by Crippen LogP contribution is -2.30. The van der Waals surface area contributed by atoms with Gasteiger partial charge in [0.1, 0.15) is 5.82 Å². The number of hydrogen-bond acceptors (Lipinski definition) is 4. The summed E-state index contributed by atoms with van der Waals surface area (Å²) in [5.74, 6) is 0.468. The smallest absolute Gasteiger partial charge is 0.264 e. The number of sulfonamides is 1. The number of benzene rings is 3. The molecule has 4 aromatic rings. The number of aromatic nitrogens is 2. The van der Waals surface area contributed by atoms with Crippen LogP contribution in [0.15, 0.2) is 77.7 Å². The fourth-order valence-corrected chi connectivity index (χ4v) is 5.55. The molecule has 0 saturated carbocycles. The second-order valence-corrected chi connectivity index (χ2v) is 9.55. The van der Waals surface area contributed by atoms with Gasteiger partial charge in [-0.25, -0.2) is 13.4 Å². The largest absolute Gasteiger partial charge is 0.352 e. The summed E-state index contributed by atoms with van der Waals surface area (Å²) in [5.41, 5.74) is 3.86. The Balaban J connectivity index is 1.28. The van der Waals surface area contributed by atoms with Crippen LogP contribution in [0.2, 0.25) is 0 Å². The van der Waals surface area contributed by atoms with E-state index in [1.807, 2.05) is 48.5 Å². The SMILES string of the molecule is O=C(NCCc1nc2ccccc2[nH]1)c1cccc(S(=O)(=O)N2CCc3ccccc32)c1. The molecule has 1 amide bonds. The second-order valence-electron chi connectivity index (χ2n) is 7.69. The third-order valence-electron chi connectivity index (χ3n) is 5.61. The molecule has 32 heavy (non-hydrogen) atoms. The van der Waals surface area contributed by atoms with E-state index in [1.54, 1.807) is 12.1 Å². The van der Waals surface area contributed by atoms with Crippen molar-refractivity contribution in [1.29, 1.82) is 0 Å². The van der Waals surface area contributed by atoms with Gasteiger partial charge in [0, 0.05) is 25.1 Å². The molecule has 0 fully saturated rings. The fourth-order valence-electron chi connectivity index (χ4n) is 4.00. The third kappa shape index (κ3) is 3.73. The average Bonchev–Trinajstić information content (AvgIpc) is 3.43. The van der Waals surface area contributed by atoms with E-state index in [1.165, 1.54) is 16.4 Å². The average molecular weight is 447 g/mol. The van der Waals surface area contributed by atoms with Crippen LogP contribution in [0.25, 0.3) is 11.0 Å². The van der Waals surface area contributed by atoms with Crippen LogP contribution in [0.5, 0.6) is 0 Å². The van der Waals surface area contributed by atoms with Gasteiger partial charge in [0.25, 0.3) is 15.9 Å². The zero-order chi connectivity index (χ0) is 22.1. The van der Waals surface area contributed by atoms with Crippen LogP contribution in [-0.4, -0.2) is 37.4 Å². The van der Waals surface area contributed by atoms with Crippen molar-refractivity contribution in [1.82, 2.24) is 15.3 Å². The van der Waals surface area contributed by atoms with Gasteiger partial charge in [-0.2, -0.15) is 0 Å². The van der Waals surface area contributed by atoms with Crippen LogP contribution in [0.1, 0.15) is 21.7 Å². The fraction of sp³-hybridized carbons (Fsp3) is 0.167. The van der Waals surface area contributed by atoms with E-state index in [0.717, 1.165) is 22.4 Å². The topological polar surface area (TPSA) is 95.2 Å². The highest BCUT2D eigenvalue weighted by atomic mass is 32.2. The highest BCUT2D eigenvalue weighted by Gasteiger charge is 2.30. The van der Waals surface area contributed by atoms with Crippen molar-refractivity contribution in [3.63, 3.8) is 0 Å². The molecular formula is C24H22N4O3S. The van der Waals surface area contributed by atoms with Gasteiger partial charge < -0.3 is 10.3 Å². The van der Waals surface area contributed by atoms with Crippen molar-refractivity contribution in [3.05, 3.63) is 89.7 Å². The molecule has 8 heteroatoms. The molecular weight excluding hydrogens is 424 g/mol. The highest BCUT2D eigenvalue weighted by Crippen LogP contribution is 2.32. The van der Waals surface area contributed by atoms with E-state index < -0.39 is 10.0 Å². The molecule has 7 nitrogen and oxygen atoms in total. The number of anilines is 1. The molecule has 1 aliphatic rings. The lowest BCUT2D eigenvalue weighted by molar-refractivity contribution is 0.0954. The predicted molar refractivity (Wildman–Crippen MR) is 123 cm³/mol. The Morgan fingerprint density at radius 1 is 1.03 bits per heavy atom. The van der Waals surface area contributed by atoms with Gasteiger partial charge in [0.2, 0.25) is 0 Å². The molecule has 0 unspecified atom stereocenters. The predicted octanol–water partition coefficient (Wildman–Crippen LogP) is 3.29. The summed E-state index contributed by atoms with van der Waals surface area (Å²) < 4.78 is 27.9. The first-order chi connectivity index (χ1) is 15.5. The first kappa shape index (κ1) is 20.3. The molecule has 1 aliphatic heterocycles. The second kappa shape index (κ2) is 8.12. The van der Waals surface area contributed by atoms with Crippen molar-refractivity contribution >= 4 is 32.7 Å². The minimum absolute atomic E-state index is 0.110. The summed E-state index contributed by atoms with van der Waals surface area (Å²) in [4.78, 5) is 20.5. The van der Waals surface area contributed by atoms with Crippen molar-refractivity contribution in [2.75, 3.05) is 17.4 Å². The minimum Gasteiger partial charge on any atom is -0.352 e. The molecule has 0 bridgehead atoms. The normalized spacial score (nSPS) is 13.3. The maximum atomic E-state index is 13.2. The van der Waals surface area contributed by atoms with Gasteiger partial charge >= 0.3 is 0 Å². The summed E-state index contributed by atoms with van der Waals surface area (Å²) in [6.45, 7) is 0.782. The molecule has 0 radical (unpaired) electrons. The van der Waals surface area contributed by atoms with Crippen LogP contribution < -0.4 is 9.62 Å². The van der Waals surface area contributed by atoms with Crippen molar-refractivity contribution < 1.29 is 13.2 Å². The summed E-state index contributed by atoms with van der Waals surface area (Å²) in [6, 6.07) is 21.4. The van der Waals surface area contributed by atoms with Crippen LogP contribution in [-0.2, 0) is 22.9 Å². The van der Waals surface area contributed by atoms with E-state index in [4.69, 9.17) is 0 Å². The maximum Gasteiger partial charge on any atom is 0.264 e. The highest BCUT2D eigenvalue weighted by molar-refractivity contribution is 7.92. The number of rotatable bonds is 6. The lowest BCUT2D eigenvalue weighted by atomic mass is 10.2. The van der Waals surface area contributed by atoms with Crippen LogP contribution >= 0.6 is 0 Å². The Morgan fingerprint density at radius 3 is 2.72 bits per heavy atom. The van der Waals surface area contributed by atoms with Crippen molar-refractivity contribution in [2.45, 2.75) is 17.7 Å². The molecule has 1 aromatic heterocycles. The molecule has 2 heterocycles. The van der Waals surface area contributed by atoms with E-state index in [2.05, 4.69) is 15.3 Å². The number of hydrogen-bond donors (Lipinski definition) is 2. The number of fused-ring (bicyclic) bond motifs is 2. The van der Waals surface area contributed by atoms with Gasteiger partial charge in [0.05, 0.1) is 21.6 Å². The molecule has 2 N–H and O–H groups in total. The van der Waals surface area contributed by atoms with Gasteiger partial charge in [0.15, 0.2) is 0 Å². The van der Waals surface area contributed by atoms with Gasteiger partial charge in [-0.3, -0.25) is 9.10 Å². The Kier molecular flexibility index (Phi) is 5.14. The zero-order valence-corrected chi connectivity index (χ0v) is 18.1. The molecule has 162 valence electrons. The van der Waals surface area contributed by atoms with Crippen LogP contribution in [0, 0.1) is 0 Å². The number of imidazole rings is 1. The van der Waals surface area contributed by atoms with Crippen molar-refractivity contribution in [2.24, 2.45) is 0 Å². The number of para-hydroxylation sites is 3. The number of amides is 1. The molecule has 5 rings (SSSR count). The Bertz CT molecular complexity index is 1380. The van der Waals surface area contributed by atoms with E-state index in [0.29, 0.717) is 37.2 Å². The van der Waals surface area contributed by atoms with Crippen LogP contribution in [0.3, 0.4) is 0 Å². The lowest BCUT2D eigenvalue weighted by Gasteiger charge is -2.20. The van der Waals surface area contributed by atoms with Gasteiger partial charge in [-0.1, -0.05) is 36.4 Å². The number of carbonyl (C=O) groups excluding carboxylic acids is 1. The summed E-state index contributed by atoms with van der Waals surface area (Å²) in [6.07, 6.45) is 1.22. The number of carbonyl (C=O) groups is 1. The third-order valence-corrected chi connectivity index (χ3v) is 7.42.